The topological polar surface area (TPSA) is 190 Å². The molecule has 0 saturated carbocycles. The van der Waals surface area contributed by atoms with Gasteiger partial charge in [0, 0.05) is 30.1 Å². The van der Waals surface area contributed by atoms with Gasteiger partial charge < -0.3 is 20.1 Å². The number of phenols is 1. The molecule has 0 aromatic heterocycles. The van der Waals surface area contributed by atoms with E-state index in [0.717, 1.165) is 0 Å². The third-order valence-electron chi connectivity index (χ3n) is 3.00. The van der Waals surface area contributed by atoms with Crippen LogP contribution in [0.15, 0.2) is 48.5 Å². The lowest BCUT2D eigenvalue weighted by Gasteiger charge is -2.03. The normalized spacial score (nSPS) is 9.19. The van der Waals surface area contributed by atoms with E-state index in [1.165, 1.54) is 48.5 Å². The van der Waals surface area contributed by atoms with Gasteiger partial charge in [0.25, 0.3) is 11.4 Å². The number of rotatable bonds is 8. The molecule has 0 heterocycles. The first-order valence-corrected chi connectivity index (χ1v) is 8.90. The van der Waals surface area contributed by atoms with Crippen molar-refractivity contribution in [1.82, 2.24) is 0 Å². The Kier molecular flexibility index (Phi) is 13.1. The van der Waals surface area contributed by atoms with Gasteiger partial charge >= 0.3 is 11.9 Å². The van der Waals surface area contributed by atoms with Crippen molar-refractivity contribution in [2.75, 3.05) is 12.5 Å². The first-order valence-electron chi connectivity index (χ1n) is 8.37. The summed E-state index contributed by atoms with van der Waals surface area (Å²) in [5, 5.41) is 45.2. The number of carboxylic acids is 2. The van der Waals surface area contributed by atoms with E-state index in [-0.39, 0.29) is 42.5 Å². The van der Waals surface area contributed by atoms with Crippen LogP contribution in [-0.4, -0.2) is 49.6 Å². The van der Waals surface area contributed by atoms with Gasteiger partial charge in [-0.3, -0.25) is 29.8 Å². The molecule has 0 atom stereocenters. The number of non-ortho nitro benzene ring substituents is 2. The monoisotopic (exact) mass is 458 g/mol. The van der Waals surface area contributed by atoms with Crippen LogP contribution >= 0.6 is 11.6 Å². The predicted molar refractivity (Wildman–Crippen MR) is 109 cm³/mol. The van der Waals surface area contributed by atoms with Crippen LogP contribution in [0.25, 0.3) is 0 Å². The maximum absolute atomic E-state index is 10.3. The highest BCUT2D eigenvalue weighted by atomic mass is 35.5. The number of ether oxygens (including phenoxy) is 1. The Hall–Kier alpha value is -3.93. The molecule has 0 unspecified atom stereocenters. The minimum absolute atomic E-state index is 0.0159. The molecule has 3 N–H and O–H groups in total. The second-order valence-corrected chi connectivity index (χ2v) is 5.73. The highest BCUT2D eigenvalue weighted by Gasteiger charge is 2.04. The Labute approximate surface area is 180 Å². The highest BCUT2D eigenvalue weighted by Crippen LogP contribution is 2.17. The van der Waals surface area contributed by atoms with Gasteiger partial charge in [0.2, 0.25) is 0 Å². The summed E-state index contributed by atoms with van der Waals surface area (Å²) in [4.78, 5) is 39.0. The van der Waals surface area contributed by atoms with E-state index in [1.54, 1.807) is 0 Å². The fraction of sp³-hybridized carbons (Fsp3) is 0.222. The maximum atomic E-state index is 10.3. The Morgan fingerprint density at radius 1 is 0.839 bits per heavy atom. The SMILES string of the molecule is O=C(O)CCCl.O=C(O)CCOc1ccc([N+](=O)[O-])cc1.O=[N+]([O-])c1ccc(O)cc1. The van der Waals surface area contributed by atoms with Gasteiger partial charge in [0.15, 0.2) is 0 Å². The number of carboxylic acid groups (broad SMARTS) is 2. The van der Waals surface area contributed by atoms with Crippen LogP contribution in [0.4, 0.5) is 11.4 Å². The molecule has 0 saturated heterocycles. The summed E-state index contributed by atoms with van der Waals surface area (Å²) < 4.78 is 5.05. The third-order valence-corrected chi connectivity index (χ3v) is 3.19. The first-order chi connectivity index (χ1) is 14.6. The van der Waals surface area contributed by atoms with Crippen molar-refractivity contribution in [1.29, 1.82) is 0 Å². The van der Waals surface area contributed by atoms with Crippen molar-refractivity contribution >= 4 is 34.9 Å². The quantitative estimate of drug-likeness (QED) is 0.300. The lowest BCUT2D eigenvalue weighted by molar-refractivity contribution is -0.385. The van der Waals surface area contributed by atoms with Crippen molar-refractivity contribution in [2.45, 2.75) is 12.8 Å². The van der Waals surface area contributed by atoms with Crippen LogP contribution in [0.1, 0.15) is 12.8 Å². The van der Waals surface area contributed by atoms with Gasteiger partial charge in [-0.1, -0.05) is 0 Å². The van der Waals surface area contributed by atoms with E-state index in [0.29, 0.717) is 5.75 Å². The van der Waals surface area contributed by atoms with E-state index in [4.69, 9.17) is 31.7 Å². The number of nitro groups is 2. The molecular formula is C18H19ClN2O10. The molecule has 0 radical (unpaired) electrons. The molecular weight excluding hydrogens is 440 g/mol. The number of phenolic OH excluding ortho intramolecular Hbond substituents is 1. The smallest absolute Gasteiger partial charge is 0.306 e. The Bertz CT molecular complexity index is 857. The maximum Gasteiger partial charge on any atom is 0.306 e. The molecule has 12 nitrogen and oxygen atoms in total. The van der Waals surface area contributed by atoms with Crippen LogP contribution in [0, 0.1) is 20.2 Å². The fourth-order valence-electron chi connectivity index (χ4n) is 1.58. The van der Waals surface area contributed by atoms with Gasteiger partial charge in [-0.25, -0.2) is 0 Å². The second kappa shape index (κ2) is 15.0. The molecule has 0 aliphatic rings. The summed E-state index contributed by atoms with van der Waals surface area (Å²) in [5.41, 5.74) is -0.0432. The van der Waals surface area contributed by atoms with Crippen LogP contribution in [0.5, 0.6) is 11.5 Å². The zero-order chi connectivity index (χ0) is 23.8. The number of aliphatic carboxylic acids is 2. The number of nitrogens with zero attached hydrogens (tertiary/aromatic N) is 2. The average Bonchev–Trinajstić information content (AvgIpc) is 2.69. The molecule has 2 aromatic rings. The van der Waals surface area contributed by atoms with Crippen molar-refractivity contribution in [3.8, 4) is 11.5 Å². The van der Waals surface area contributed by atoms with Gasteiger partial charge in [0.1, 0.15) is 11.5 Å². The molecule has 13 heteroatoms. The lowest BCUT2D eigenvalue weighted by atomic mass is 10.3. The van der Waals surface area contributed by atoms with Crippen molar-refractivity contribution in [3.63, 3.8) is 0 Å². The summed E-state index contributed by atoms with van der Waals surface area (Å²) in [6.45, 7) is 0.0488. The van der Waals surface area contributed by atoms with Gasteiger partial charge in [-0.2, -0.15) is 0 Å². The highest BCUT2D eigenvalue weighted by molar-refractivity contribution is 6.18. The molecule has 31 heavy (non-hydrogen) atoms. The fourth-order valence-corrected chi connectivity index (χ4v) is 1.74. The summed E-state index contributed by atoms with van der Waals surface area (Å²) in [6, 6.07) is 10.5. The van der Waals surface area contributed by atoms with Crippen LogP contribution in [0.2, 0.25) is 0 Å². The minimum Gasteiger partial charge on any atom is -0.508 e. The van der Waals surface area contributed by atoms with E-state index < -0.39 is 21.8 Å². The number of carbonyl (C=O) groups is 2. The number of aromatic hydroxyl groups is 1. The zero-order valence-corrected chi connectivity index (χ0v) is 16.7. The van der Waals surface area contributed by atoms with Crippen LogP contribution in [0.3, 0.4) is 0 Å². The predicted octanol–water partition coefficient (Wildman–Crippen LogP) is 3.45. The number of alkyl halides is 1. The molecule has 2 aromatic carbocycles. The first kappa shape index (κ1) is 27.1. The Balaban J connectivity index is 0.000000484. The number of hydrogen-bond donors (Lipinski definition) is 3. The van der Waals surface area contributed by atoms with E-state index >= 15 is 0 Å². The van der Waals surface area contributed by atoms with Crippen molar-refractivity contribution < 1.29 is 39.5 Å². The lowest BCUT2D eigenvalue weighted by Crippen LogP contribution is -2.04. The van der Waals surface area contributed by atoms with Gasteiger partial charge in [-0.05, 0) is 24.3 Å². The summed E-state index contributed by atoms with van der Waals surface area (Å²) in [5.74, 6) is -1.13. The van der Waals surface area contributed by atoms with E-state index in [9.17, 15) is 29.8 Å². The summed E-state index contributed by atoms with van der Waals surface area (Å²) in [6.07, 6.45) is -0.0431. The van der Waals surface area contributed by atoms with Gasteiger partial charge in [-0.15, -0.1) is 11.6 Å². The zero-order valence-electron chi connectivity index (χ0n) is 15.9. The average molecular weight is 459 g/mol. The molecule has 0 aliphatic carbocycles. The van der Waals surface area contributed by atoms with E-state index in [1.807, 2.05) is 0 Å². The summed E-state index contributed by atoms with van der Waals surface area (Å²) >= 11 is 5.02. The molecule has 0 bridgehead atoms. The molecule has 0 aliphatic heterocycles. The standard InChI is InChI=1S/C9H9NO5.C6H5NO3.C3H5ClO2/c11-9(12)5-6-15-8-3-1-7(2-4-8)10(13)14;8-6-3-1-5(2-4-6)7(9)10;4-2-1-3(5)6/h1-4H,5-6H2,(H,11,12);1-4,8H;1-2H2,(H,5,6). The molecule has 0 amide bonds. The summed E-state index contributed by atoms with van der Waals surface area (Å²) in [7, 11) is 0. The number of nitro benzene ring substituents is 2. The van der Waals surface area contributed by atoms with Crippen LogP contribution < -0.4 is 4.74 Å². The molecule has 168 valence electrons. The molecule has 0 spiro atoms. The largest absolute Gasteiger partial charge is 0.508 e. The Morgan fingerprint density at radius 3 is 1.58 bits per heavy atom. The number of halogens is 1. The Morgan fingerprint density at radius 2 is 1.26 bits per heavy atom. The molecule has 0 fully saturated rings. The second-order valence-electron chi connectivity index (χ2n) is 5.35. The van der Waals surface area contributed by atoms with Crippen molar-refractivity contribution in [3.05, 3.63) is 68.8 Å². The van der Waals surface area contributed by atoms with Crippen molar-refractivity contribution in [2.24, 2.45) is 0 Å². The third kappa shape index (κ3) is 13.8. The van der Waals surface area contributed by atoms with E-state index in [2.05, 4.69) is 0 Å². The van der Waals surface area contributed by atoms with Crippen LogP contribution in [-0.2, 0) is 9.59 Å². The molecule has 2 rings (SSSR count). The number of hydrogen-bond acceptors (Lipinski definition) is 8. The van der Waals surface area contributed by atoms with Gasteiger partial charge in [0.05, 0.1) is 29.3 Å². The minimum atomic E-state index is -0.947. The number of benzene rings is 2.